The lowest BCUT2D eigenvalue weighted by Gasteiger charge is -2.39. The van der Waals surface area contributed by atoms with Crippen molar-refractivity contribution in [3.05, 3.63) is 30.3 Å². The molecule has 1 aromatic carbocycles. The van der Waals surface area contributed by atoms with Crippen molar-refractivity contribution in [2.45, 2.75) is 32.4 Å². The molecule has 1 unspecified atom stereocenters. The molecule has 128 valence electrons. The fourth-order valence-corrected chi connectivity index (χ4v) is 3.02. The van der Waals surface area contributed by atoms with E-state index in [9.17, 15) is 9.90 Å². The number of piperazine rings is 1. The Hall–Kier alpha value is -1.59. The van der Waals surface area contributed by atoms with E-state index in [1.807, 2.05) is 42.0 Å². The second kappa shape index (κ2) is 7.32. The minimum Gasteiger partial charge on any atom is -0.389 e. The van der Waals surface area contributed by atoms with Crippen molar-refractivity contribution in [3.63, 3.8) is 0 Å². The molecule has 1 aliphatic rings. The number of benzene rings is 1. The van der Waals surface area contributed by atoms with Gasteiger partial charge in [0.25, 0.3) is 0 Å². The van der Waals surface area contributed by atoms with E-state index in [2.05, 4.69) is 17.0 Å². The van der Waals surface area contributed by atoms with Crippen LogP contribution in [0.5, 0.6) is 0 Å². The Bertz CT molecular complexity index is 505. The van der Waals surface area contributed by atoms with Gasteiger partial charge in [0, 0.05) is 38.4 Å². The predicted molar refractivity (Wildman–Crippen MR) is 93.6 cm³/mol. The van der Waals surface area contributed by atoms with Gasteiger partial charge in [0.2, 0.25) is 5.91 Å². The third kappa shape index (κ3) is 4.94. The average molecular weight is 319 g/mol. The first-order chi connectivity index (χ1) is 10.8. The number of carbonyl (C=O) groups is 1. The number of hydrogen-bond acceptors (Lipinski definition) is 4. The van der Waals surface area contributed by atoms with E-state index in [1.54, 1.807) is 13.8 Å². The molecule has 1 N–H and O–H groups in total. The lowest BCUT2D eigenvalue weighted by Crippen LogP contribution is -2.55. The van der Waals surface area contributed by atoms with Crippen LogP contribution in [0.1, 0.15) is 20.8 Å². The summed E-state index contributed by atoms with van der Waals surface area (Å²) in [7, 11) is 1.89. The molecule has 1 atom stereocenters. The summed E-state index contributed by atoms with van der Waals surface area (Å²) in [5, 5.41) is 9.92. The number of aliphatic hydroxyl groups is 1. The molecule has 5 nitrogen and oxygen atoms in total. The molecule has 0 saturated carbocycles. The molecule has 2 rings (SSSR count). The average Bonchev–Trinajstić information content (AvgIpc) is 2.53. The van der Waals surface area contributed by atoms with Crippen LogP contribution in [-0.4, -0.2) is 72.2 Å². The highest BCUT2D eigenvalue weighted by Crippen LogP contribution is 2.16. The summed E-state index contributed by atoms with van der Waals surface area (Å²) in [6.07, 6.45) is 0. The normalized spacial score (nSPS) is 17.5. The van der Waals surface area contributed by atoms with Gasteiger partial charge in [0.05, 0.1) is 11.6 Å². The minimum atomic E-state index is -0.796. The first-order valence-corrected chi connectivity index (χ1v) is 8.29. The van der Waals surface area contributed by atoms with Gasteiger partial charge in [-0.3, -0.25) is 9.69 Å². The van der Waals surface area contributed by atoms with Gasteiger partial charge in [-0.05, 0) is 40.0 Å². The van der Waals surface area contributed by atoms with Crippen LogP contribution in [0.25, 0.3) is 0 Å². The third-order valence-corrected chi connectivity index (χ3v) is 4.37. The van der Waals surface area contributed by atoms with Gasteiger partial charge in [-0.1, -0.05) is 18.2 Å². The van der Waals surface area contributed by atoms with Crippen LogP contribution in [0.2, 0.25) is 0 Å². The quantitative estimate of drug-likeness (QED) is 0.892. The van der Waals surface area contributed by atoms with E-state index >= 15 is 0 Å². The van der Waals surface area contributed by atoms with Crippen molar-refractivity contribution in [2.24, 2.45) is 0 Å². The molecule has 5 heteroatoms. The Morgan fingerprint density at radius 1 is 1.22 bits per heavy atom. The van der Waals surface area contributed by atoms with E-state index in [0.717, 1.165) is 26.2 Å². The van der Waals surface area contributed by atoms with Gasteiger partial charge in [-0.15, -0.1) is 0 Å². The molecule has 0 radical (unpaired) electrons. The van der Waals surface area contributed by atoms with Crippen molar-refractivity contribution in [1.82, 2.24) is 9.80 Å². The number of rotatable bonds is 5. The molecule has 1 amide bonds. The monoisotopic (exact) mass is 319 g/mol. The molecule has 23 heavy (non-hydrogen) atoms. The van der Waals surface area contributed by atoms with Crippen molar-refractivity contribution in [1.29, 1.82) is 0 Å². The highest BCUT2D eigenvalue weighted by Gasteiger charge is 2.29. The zero-order valence-corrected chi connectivity index (χ0v) is 14.7. The molecule has 0 bridgehead atoms. The Kier molecular flexibility index (Phi) is 5.65. The molecular formula is C18H29N3O2. The number of carbonyl (C=O) groups excluding carboxylic acids is 1. The van der Waals surface area contributed by atoms with Crippen molar-refractivity contribution in [3.8, 4) is 0 Å². The maximum Gasteiger partial charge on any atom is 0.239 e. The largest absolute Gasteiger partial charge is 0.389 e. The van der Waals surface area contributed by atoms with Crippen molar-refractivity contribution < 1.29 is 9.90 Å². The lowest BCUT2D eigenvalue weighted by molar-refractivity contribution is -0.137. The summed E-state index contributed by atoms with van der Waals surface area (Å²) >= 11 is 0. The molecule has 1 aliphatic heterocycles. The summed E-state index contributed by atoms with van der Waals surface area (Å²) in [6.45, 7) is 9.12. The molecular weight excluding hydrogens is 290 g/mol. The summed E-state index contributed by atoms with van der Waals surface area (Å²) < 4.78 is 0. The van der Waals surface area contributed by atoms with Gasteiger partial charge in [0.1, 0.15) is 0 Å². The van der Waals surface area contributed by atoms with Crippen LogP contribution in [0.3, 0.4) is 0 Å². The molecule has 0 aliphatic carbocycles. The smallest absolute Gasteiger partial charge is 0.239 e. The standard InChI is InChI=1S/C18H29N3O2/c1-15(19(4)14-18(2,3)23)17(22)21-12-10-20(11-13-21)16-8-6-5-7-9-16/h5-9,15,23H,10-14H2,1-4H3. The predicted octanol–water partition coefficient (Wildman–Crippen LogP) is 1.43. The van der Waals surface area contributed by atoms with E-state index < -0.39 is 5.60 Å². The fourth-order valence-electron chi connectivity index (χ4n) is 3.02. The molecule has 1 fully saturated rings. The Morgan fingerprint density at radius 2 is 1.78 bits per heavy atom. The highest BCUT2D eigenvalue weighted by molar-refractivity contribution is 5.81. The number of amides is 1. The Balaban J connectivity index is 1.88. The Morgan fingerprint density at radius 3 is 2.30 bits per heavy atom. The van der Waals surface area contributed by atoms with E-state index in [0.29, 0.717) is 6.54 Å². The van der Waals surface area contributed by atoms with Crippen LogP contribution in [0.15, 0.2) is 30.3 Å². The topological polar surface area (TPSA) is 47.0 Å². The molecule has 1 heterocycles. The summed E-state index contributed by atoms with van der Waals surface area (Å²) in [5.74, 6) is 0.143. The van der Waals surface area contributed by atoms with Gasteiger partial charge in [-0.2, -0.15) is 0 Å². The van der Waals surface area contributed by atoms with Gasteiger partial charge in [0.15, 0.2) is 0 Å². The number of para-hydroxylation sites is 1. The Labute approximate surface area is 139 Å². The van der Waals surface area contributed by atoms with Crippen LogP contribution in [0.4, 0.5) is 5.69 Å². The third-order valence-electron chi connectivity index (χ3n) is 4.37. The zero-order chi connectivity index (χ0) is 17.0. The minimum absolute atomic E-state index is 0.143. The molecule has 0 aromatic heterocycles. The first kappa shape index (κ1) is 17.8. The maximum atomic E-state index is 12.7. The summed E-state index contributed by atoms with van der Waals surface area (Å²) in [5.41, 5.74) is 0.418. The second-order valence-corrected chi connectivity index (χ2v) is 7.05. The van der Waals surface area contributed by atoms with Gasteiger partial charge >= 0.3 is 0 Å². The fraction of sp³-hybridized carbons (Fsp3) is 0.611. The maximum absolute atomic E-state index is 12.7. The van der Waals surface area contributed by atoms with Gasteiger partial charge < -0.3 is 14.9 Å². The van der Waals surface area contributed by atoms with E-state index in [4.69, 9.17) is 0 Å². The first-order valence-electron chi connectivity index (χ1n) is 8.29. The molecule has 1 aromatic rings. The number of nitrogens with zero attached hydrogens (tertiary/aromatic N) is 3. The number of hydrogen-bond donors (Lipinski definition) is 1. The van der Waals surface area contributed by atoms with Crippen molar-refractivity contribution >= 4 is 11.6 Å². The van der Waals surface area contributed by atoms with Crippen LogP contribution in [-0.2, 0) is 4.79 Å². The summed E-state index contributed by atoms with van der Waals surface area (Å²) in [6, 6.07) is 10.1. The molecule has 1 saturated heterocycles. The highest BCUT2D eigenvalue weighted by atomic mass is 16.3. The van der Waals surface area contributed by atoms with Crippen LogP contribution in [0, 0.1) is 0 Å². The lowest BCUT2D eigenvalue weighted by atomic mass is 10.1. The summed E-state index contributed by atoms with van der Waals surface area (Å²) in [4.78, 5) is 18.8. The zero-order valence-electron chi connectivity index (χ0n) is 14.7. The number of anilines is 1. The van der Waals surface area contributed by atoms with Crippen LogP contribution >= 0.6 is 0 Å². The van der Waals surface area contributed by atoms with Crippen molar-refractivity contribution in [2.75, 3.05) is 44.7 Å². The van der Waals surface area contributed by atoms with E-state index in [-0.39, 0.29) is 11.9 Å². The molecule has 0 spiro atoms. The van der Waals surface area contributed by atoms with Gasteiger partial charge in [-0.25, -0.2) is 0 Å². The number of likely N-dealkylation sites (N-methyl/N-ethyl adjacent to an activating group) is 1. The van der Waals surface area contributed by atoms with E-state index in [1.165, 1.54) is 5.69 Å². The van der Waals surface area contributed by atoms with Crippen LogP contribution < -0.4 is 4.90 Å². The second-order valence-electron chi connectivity index (χ2n) is 7.05. The SMILES string of the molecule is CC(C(=O)N1CCN(c2ccccc2)CC1)N(C)CC(C)(C)O.